The summed E-state index contributed by atoms with van der Waals surface area (Å²) in [5.41, 5.74) is 1.34. The van der Waals surface area contributed by atoms with Crippen LogP contribution in [0.3, 0.4) is 0 Å². The van der Waals surface area contributed by atoms with Crippen molar-refractivity contribution in [3.05, 3.63) is 29.6 Å². The number of rotatable bonds is 3. The third-order valence-electron chi connectivity index (χ3n) is 2.04. The summed E-state index contributed by atoms with van der Waals surface area (Å²) in [6.07, 6.45) is 2.11. The summed E-state index contributed by atoms with van der Waals surface area (Å²) in [5.74, 6) is -0.254. The number of hydrogen-bond donors (Lipinski definition) is 1. The van der Waals surface area contributed by atoms with Gasteiger partial charge in [-0.25, -0.2) is 0 Å². The fourth-order valence-electron chi connectivity index (χ4n) is 1.07. The summed E-state index contributed by atoms with van der Waals surface area (Å²) < 4.78 is 0. The highest BCUT2D eigenvalue weighted by Gasteiger charge is 2.10. The second-order valence-corrected chi connectivity index (χ2v) is 3.25. The number of amides is 1. The van der Waals surface area contributed by atoms with Crippen LogP contribution in [0.5, 0.6) is 0 Å². The Morgan fingerprint density at radius 1 is 1.67 bits per heavy atom. The molecule has 1 unspecified atom stereocenters. The molecule has 15 heavy (non-hydrogen) atoms. The largest absolute Gasteiger partial charge is 0.336 e. The van der Waals surface area contributed by atoms with E-state index in [-0.39, 0.29) is 5.91 Å². The summed E-state index contributed by atoms with van der Waals surface area (Å²) in [5, 5.41) is 11.3. The van der Waals surface area contributed by atoms with Crippen molar-refractivity contribution in [2.45, 2.75) is 26.3 Å². The highest BCUT2D eigenvalue weighted by atomic mass is 16.1. The maximum atomic E-state index is 11.6. The quantitative estimate of drug-likeness (QED) is 0.808. The van der Waals surface area contributed by atoms with Crippen molar-refractivity contribution in [1.29, 1.82) is 5.26 Å². The summed E-state index contributed by atoms with van der Waals surface area (Å²) in [4.78, 5) is 15.6. The molecule has 0 radical (unpaired) electrons. The molecule has 1 atom stereocenters. The van der Waals surface area contributed by atoms with E-state index in [0.717, 1.165) is 5.69 Å². The van der Waals surface area contributed by atoms with E-state index in [1.54, 1.807) is 12.1 Å². The molecule has 1 aromatic heterocycles. The summed E-state index contributed by atoms with van der Waals surface area (Å²) in [6.45, 7) is 3.70. The third kappa shape index (κ3) is 3.06. The van der Waals surface area contributed by atoms with Gasteiger partial charge in [0, 0.05) is 11.9 Å². The molecule has 1 amide bonds. The van der Waals surface area contributed by atoms with Crippen LogP contribution in [-0.4, -0.2) is 16.9 Å². The van der Waals surface area contributed by atoms with Gasteiger partial charge in [-0.15, -0.1) is 0 Å². The van der Waals surface area contributed by atoms with Crippen LogP contribution >= 0.6 is 0 Å². The molecule has 4 heteroatoms. The van der Waals surface area contributed by atoms with Crippen molar-refractivity contribution >= 4 is 5.91 Å². The average Bonchev–Trinajstić information content (AvgIpc) is 2.26. The molecule has 0 saturated heterocycles. The lowest BCUT2D eigenvalue weighted by Crippen LogP contribution is -2.33. The van der Waals surface area contributed by atoms with E-state index in [9.17, 15) is 4.79 Å². The van der Waals surface area contributed by atoms with Gasteiger partial charge < -0.3 is 5.32 Å². The van der Waals surface area contributed by atoms with Crippen LogP contribution in [0.2, 0.25) is 0 Å². The Labute approximate surface area is 88.9 Å². The molecule has 1 aromatic rings. The van der Waals surface area contributed by atoms with Crippen LogP contribution in [0.4, 0.5) is 0 Å². The summed E-state index contributed by atoms with van der Waals surface area (Å²) >= 11 is 0. The molecular weight excluding hydrogens is 190 g/mol. The van der Waals surface area contributed by atoms with E-state index in [0.29, 0.717) is 12.0 Å². The van der Waals surface area contributed by atoms with E-state index in [1.165, 1.54) is 6.20 Å². The van der Waals surface area contributed by atoms with E-state index in [1.807, 2.05) is 19.9 Å². The minimum absolute atomic E-state index is 0.254. The zero-order valence-corrected chi connectivity index (χ0v) is 8.82. The molecule has 0 bridgehead atoms. The minimum Gasteiger partial charge on any atom is -0.336 e. The maximum Gasteiger partial charge on any atom is 0.253 e. The average molecular weight is 203 g/mol. The first-order valence-electron chi connectivity index (χ1n) is 4.80. The van der Waals surface area contributed by atoms with E-state index in [2.05, 4.69) is 10.3 Å². The topological polar surface area (TPSA) is 65.8 Å². The molecule has 0 aliphatic heterocycles. The van der Waals surface area contributed by atoms with Gasteiger partial charge in [-0.05, 0) is 25.5 Å². The highest BCUT2D eigenvalue weighted by Crippen LogP contribution is 2.00. The van der Waals surface area contributed by atoms with Gasteiger partial charge in [0.1, 0.15) is 6.04 Å². The number of nitriles is 1. The fraction of sp³-hybridized carbons (Fsp3) is 0.364. The van der Waals surface area contributed by atoms with Gasteiger partial charge >= 0.3 is 0 Å². The van der Waals surface area contributed by atoms with Crippen molar-refractivity contribution in [3.8, 4) is 6.07 Å². The van der Waals surface area contributed by atoms with Gasteiger partial charge in [0.15, 0.2) is 0 Å². The summed E-state index contributed by atoms with van der Waals surface area (Å²) in [6, 6.07) is 5.04. The second kappa shape index (κ2) is 5.11. The van der Waals surface area contributed by atoms with Gasteiger partial charge in [-0.1, -0.05) is 6.92 Å². The number of nitrogens with one attached hydrogen (secondary N) is 1. The Morgan fingerprint density at radius 3 is 2.87 bits per heavy atom. The molecule has 0 aromatic carbocycles. The Hall–Kier alpha value is -1.89. The van der Waals surface area contributed by atoms with Gasteiger partial charge in [0.25, 0.3) is 5.91 Å². The monoisotopic (exact) mass is 203 g/mol. The molecule has 0 spiro atoms. The molecule has 1 rings (SSSR count). The van der Waals surface area contributed by atoms with Crippen molar-refractivity contribution in [1.82, 2.24) is 10.3 Å². The Bertz CT molecular complexity index is 378. The molecule has 0 aliphatic rings. The first-order valence-corrected chi connectivity index (χ1v) is 4.80. The lowest BCUT2D eigenvalue weighted by Gasteiger charge is -2.08. The Kier molecular flexibility index (Phi) is 3.81. The lowest BCUT2D eigenvalue weighted by atomic mass is 10.2. The Balaban J connectivity index is 2.70. The van der Waals surface area contributed by atoms with Crippen LogP contribution in [0.1, 0.15) is 29.4 Å². The predicted molar refractivity (Wildman–Crippen MR) is 56.1 cm³/mol. The molecule has 1 heterocycles. The molecule has 0 saturated carbocycles. The van der Waals surface area contributed by atoms with E-state index in [4.69, 9.17) is 5.26 Å². The van der Waals surface area contributed by atoms with Crippen molar-refractivity contribution < 1.29 is 4.79 Å². The van der Waals surface area contributed by atoms with Crippen molar-refractivity contribution in [2.24, 2.45) is 0 Å². The molecule has 1 N–H and O–H groups in total. The molecule has 0 fully saturated rings. The van der Waals surface area contributed by atoms with Crippen LogP contribution in [-0.2, 0) is 0 Å². The normalized spacial score (nSPS) is 11.5. The molecule has 0 aliphatic carbocycles. The predicted octanol–water partition coefficient (Wildman–Crippen LogP) is 1.42. The van der Waals surface area contributed by atoms with E-state index < -0.39 is 6.04 Å². The number of pyridine rings is 1. The van der Waals surface area contributed by atoms with Crippen LogP contribution in [0.25, 0.3) is 0 Å². The number of carbonyl (C=O) groups excluding carboxylic acids is 1. The van der Waals surface area contributed by atoms with Gasteiger partial charge in [0.05, 0.1) is 11.6 Å². The number of hydrogen-bond acceptors (Lipinski definition) is 3. The molecular formula is C11H13N3O. The summed E-state index contributed by atoms with van der Waals surface area (Å²) in [7, 11) is 0. The first kappa shape index (κ1) is 11.2. The van der Waals surface area contributed by atoms with Crippen LogP contribution < -0.4 is 5.32 Å². The second-order valence-electron chi connectivity index (χ2n) is 3.25. The SMILES string of the molecule is CCC(C#N)NC(=O)c1ccc(C)nc1. The zero-order chi connectivity index (χ0) is 11.3. The minimum atomic E-state index is -0.432. The van der Waals surface area contributed by atoms with E-state index >= 15 is 0 Å². The third-order valence-corrected chi connectivity index (χ3v) is 2.04. The lowest BCUT2D eigenvalue weighted by molar-refractivity contribution is 0.0944. The molecule has 78 valence electrons. The first-order chi connectivity index (χ1) is 7.17. The number of aromatic nitrogens is 1. The van der Waals surface area contributed by atoms with Crippen molar-refractivity contribution in [2.75, 3.05) is 0 Å². The number of carbonyl (C=O) groups is 1. The number of nitrogens with zero attached hydrogens (tertiary/aromatic N) is 2. The highest BCUT2D eigenvalue weighted by molar-refractivity contribution is 5.94. The maximum absolute atomic E-state index is 11.6. The van der Waals surface area contributed by atoms with Crippen LogP contribution in [0.15, 0.2) is 18.3 Å². The molecule has 4 nitrogen and oxygen atoms in total. The smallest absolute Gasteiger partial charge is 0.253 e. The Morgan fingerprint density at radius 2 is 2.40 bits per heavy atom. The van der Waals surface area contributed by atoms with Gasteiger partial charge in [-0.2, -0.15) is 5.26 Å². The van der Waals surface area contributed by atoms with Crippen LogP contribution in [0, 0.1) is 18.3 Å². The van der Waals surface area contributed by atoms with Gasteiger partial charge in [0.2, 0.25) is 0 Å². The zero-order valence-electron chi connectivity index (χ0n) is 8.82. The number of aryl methyl sites for hydroxylation is 1. The fourth-order valence-corrected chi connectivity index (χ4v) is 1.07. The standard InChI is InChI=1S/C11H13N3O/c1-3-10(6-12)14-11(15)9-5-4-8(2)13-7-9/h4-5,7,10H,3H2,1-2H3,(H,14,15). The van der Waals surface area contributed by atoms with Gasteiger partial charge in [-0.3, -0.25) is 9.78 Å². The van der Waals surface area contributed by atoms with Crippen molar-refractivity contribution in [3.63, 3.8) is 0 Å².